The molecule has 11 nitrogen and oxygen atoms in total. The van der Waals surface area contributed by atoms with Crippen LogP contribution in [0.25, 0.3) is 0 Å². The average molecular weight is 738 g/mol. The van der Waals surface area contributed by atoms with E-state index in [1.807, 2.05) is 65.6 Å². The van der Waals surface area contributed by atoms with E-state index in [0.29, 0.717) is 54.8 Å². The molecule has 2 aliphatic rings. The number of carbonyl (C=O) groups excluding carboxylic acids is 5. The Morgan fingerprint density at radius 1 is 0.863 bits per heavy atom. The summed E-state index contributed by atoms with van der Waals surface area (Å²) in [4.78, 5) is 68.6. The van der Waals surface area contributed by atoms with Crippen LogP contribution in [0.1, 0.15) is 72.0 Å². The molecule has 2 N–H and O–H groups in total. The molecule has 0 bridgehead atoms. The molecule has 5 rings (SSSR count). The molecule has 1 heterocycles. The van der Waals surface area contributed by atoms with Crippen LogP contribution in [-0.4, -0.2) is 80.6 Å². The zero-order chi connectivity index (χ0) is 35.0. The Morgan fingerprint density at radius 2 is 1.51 bits per heavy atom. The molecule has 3 aromatic carbocycles. The Hall–Kier alpha value is -4.49. The van der Waals surface area contributed by atoms with E-state index >= 15 is 0 Å². The van der Waals surface area contributed by atoms with Crippen molar-refractivity contribution in [3.05, 3.63) is 101 Å². The Bertz CT molecular complexity index is 1680. The van der Waals surface area contributed by atoms with Crippen molar-refractivity contribution in [3.63, 3.8) is 0 Å². The lowest BCUT2D eigenvalue weighted by Gasteiger charge is -2.43. The fourth-order valence-electron chi connectivity index (χ4n) is 7.05. The van der Waals surface area contributed by atoms with Gasteiger partial charge in [0.1, 0.15) is 11.8 Å². The quantitative estimate of drug-likeness (QED) is 0.281. The maximum absolute atomic E-state index is 14.5. The van der Waals surface area contributed by atoms with Crippen LogP contribution in [0.5, 0.6) is 5.75 Å². The molecule has 3 atom stereocenters. The van der Waals surface area contributed by atoms with Gasteiger partial charge in [0.2, 0.25) is 11.8 Å². The van der Waals surface area contributed by atoms with Crippen LogP contribution < -0.4 is 15.4 Å². The van der Waals surface area contributed by atoms with Gasteiger partial charge in [-0.3, -0.25) is 19.2 Å². The van der Waals surface area contributed by atoms with E-state index in [4.69, 9.17) is 14.2 Å². The SMILES string of the molecule is CCOC(=O)C[C@H](NC(=O)[C@@]1(c2ccccc2)CC[C@H](C(=O)N2CCC(NC(=O)c3ccccc3OC)CC2)c2ccccc21)C(=O)OC.S.S. The van der Waals surface area contributed by atoms with E-state index in [9.17, 15) is 24.0 Å². The molecular formula is C38H47N3O8S2. The first-order valence-corrected chi connectivity index (χ1v) is 16.7. The average Bonchev–Trinajstić information content (AvgIpc) is 3.14. The topological polar surface area (TPSA) is 140 Å². The minimum atomic E-state index is -1.26. The van der Waals surface area contributed by atoms with Gasteiger partial charge in [-0.25, -0.2) is 4.79 Å². The molecule has 274 valence electrons. The summed E-state index contributed by atoms with van der Waals surface area (Å²) in [7, 11) is 2.73. The van der Waals surface area contributed by atoms with E-state index in [2.05, 4.69) is 10.6 Å². The van der Waals surface area contributed by atoms with Crippen LogP contribution in [0.15, 0.2) is 78.9 Å². The highest BCUT2D eigenvalue weighted by Gasteiger charge is 2.50. The molecule has 0 saturated carbocycles. The van der Waals surface area contributed by atoms with E-state index in [0.717, 1.165) is 5.56 Å². The third kappa shape index (κ3) is 8.88. The number of fused-ring (bicyclic) bond motifs is 1. The minimum Gasteiger partial charge on any atom is -0.496 e. The highest BCUT2D eigenvalue weighted by molar-refractivity contribution is 7.59. The number of rotatable bonds is 11. The molecule has 3 amide bonds. The number of piperidine rings is 1. The van der Waals surface area contributed by atoms with Crippen LogP contribution in [0.3, 0.4) is 0 Å². The van der Waals surface area contributed by atoms with Crippen molar-refractivity contribution in [2.24, 2.45) is 0 Å². The number of hydrogen-bond acceptors (Lipinski definition) is 8. The summed E-state index contributed by atoms with van der Waals surface area (Å²) in [6.07, 6.45) is 1.49. The van der Waals surface area contributed by atoms with E-state index in [1.54, 1.807) is 25.1 Å². The van der Waals surface area contributed by atoms with Gasteiger partial charge in [0.25, 0.3) is 5.91 Å². The monoisotopic (exact) mass is 737 g/mol. The van der Waals surface area contributed by atoms with Crippen LogP contribution in [-0.2, 0) is 34.1 Å². The van der Waals surface area contributed by atoms with Gasteiger partial charge in [0.15, 0.2) is 0 Å². The Labute approximate surface area is 312 Å². The number of methoxy groups -OCH3 is 2. The highest BCUT2D eigenvalue weighted by atomic mass is 32.1. The van der Waals surface area contributed by atoms with Crippen LogP contribution >= 0.6 is 27.0 Å². The second kappa shape index (κ2) is 18.7. The number of carbonyl (C=O) groups is 5. The van der Waals surface area contributed by atoms with Crippen molar-refractivity contribution in [3.8, 4) is 5.75 Å². The molecule has 3 aromatic rings. The number of benzene rings is 3. The van der Waals surface area contributed by atoms with Crippen molar-refractivity contribution >= 4 is 56.7 Å². The molecule has 13 heteroatoms. The van der Waals surface area contributed by atoms with Crippen molar-refractivity contribution < 1.29 is 38.2 Å². The largest absolute Gasteiger partial charge is 0.496 e. The minimum absolute atomic E-state index is 0. The van der Waals surface area contributed by atoms with Gasteiger partial charge in [0.05, 0.1) is 44.1 Å². The van der Waals surface area contributed by atoms with Crippen molar-refractivity contribution in [1.82, 2.24) is 15.5 Å². The lowest BCUT2D eigenvalue weighted by Crippen LogP contribution is -2.54. The number of amides is 3. The molecule has 1 fully saturated rings. The summed E-state index contributed by atoms with van der Waals surface area (Å²) in [5.74, 6) is -2.09. The summed E-state index contributed by atoms with van der Waals surface area (Å²) in [6, 6.07) is 22.4. The maximum Gasteiger partial charge on any atom is 0.328 e. The first kappa shape index (κ1) is 40.9. The zero-order valence-corrected chi connectivity index (χ0v) is 31.1. The lowest BCUT2D eigenvalue weighted by atomic mass is 9.62. The van der Waals surface area contributed by atoms with E-state index in [-0.39, 0.29) is 64.3 Å². The third-order valence-electron chi connectivity index (χ3n) is 9.52. The van der Waals surface area contributed by atoms with E-state index < -0.39 is 35.2 Å². The number of para-hydroxylation sites is 1. The number of nitrogens with one attached hydrogen (secondary N) is 2. The Kier molecular flexibility index (Phi) is 15.0. The molecule has 1 aliphatic heterocycles. The second-order valence-corrected chi connectivity index (χ2v) is 12.3. The number of nitrogens with zero attached hydrogens (tertiary/aromatic N) is 1. The smallest absolute Gasteiger partial charge is 0.328 e. The first-order valence-electron chi connectivity index (χ1n) is 16.7. The van der Waals surface area contributed by atoms with Crippen molar-refractivity contribution in [2.75, 3.05) is 33.9 Å². The molecule has 1 aliphatic carbocycles. The molecule has 0 unspecified atom stereocenters. The van der Waals surface area contributed by atoms with Crippen LogP contribution in [0.2, 0.25) is 0 Å². The molecule has 0 radical (unpaired) electrons. The third-order valence-corrected chi connectivity index (χ3v) is 9.52. The molecular weight excluding hydrogens is 691 g/mol. The molecule has 0 aromatic heterocycles. The number of esters is 2. The second-order valence-electron chi connectivity index (χ2n) is 12.3. The number of likely N-dealkylation sites (tertiary alicyclic amines) is 1. The van der Waals surface area contributed by atoms with Gasteiger partial charge in [0, 0.05) is 19.1 Å². The summed E-state index contributed by atoms with van der Waals surface area (Å²) in [6.45, 7) is 2.75. The van der Waals surface area contributed by atoms with E-state index in [1.165, 1.54) is 14.2 Å². The first-order chi connectivity index (χ1) is 23.7. The summed E-state index contributed by atoms with van der Waals surface area (Å²) < 4.78 is 15.3. The van der Waals surface area contributed by atoms with Crippen molar-refractivity contribution in [2.45, 2.75) is 62.4 Å². The molecule has 0 spiro atoms. The fourth-order valence-corrected chi connectivity index (χ4v) is 7.05. The predicted molar refractivity (Wildman–Crippen MR) is 202 cm³/mol. The van der Waals surface area contributed by atoms with Gasteiger partial charge < -0.3 is 29.7 Å². The van der Waals surface area contributed by atoms with Gasteiger partial charge in [-0.05, 0) is 61.4 Å². The van der Waals surface area contributed by atoms with Crippen LogP contribution in [0.4, 0.5) is 0 Å². The van der Waals surface area contributed by atoms with Gasteiger partial charge in [-0.1, -0.05) is 66.7 Å². The maximum atomic E-state index is 14.5. The number of ether oxygens (including phenoxy) is 3. The van der Waals surface area contributed by atoms with Crippen molar-refractivity contribution in [1.29, 1.82) is 0 Å². The molecule has 1 saturated heterocycles. The van der Waals surface area contributed by atoms with Gasteiger partial charge in [-0.15, -0.1) is 0 Å². The van der Waals surface area contributed by atoms with Crippen LogP contribution in [0, 0.1) is 0 Å². The highest BCUT2D eigenvalue weighted by Crippen LogP contribution is 2.48. The Morgan fingerprint density at radius 3 is 2.18 bits per heavy atom. The van der Waals surface area contributed by atoms with Gasteiger partial charge in [-0.2, -0.15) is 27.0 Å². The zero-order valence-electron chi connectivity index (χ0n) is 29.1. The predicted octanol–water partition coefficient (Wildman–Crippen LogP) is 4.12. The standard InChI is InChI=1S/C38H43N3O8.2H2S/c1-4-49-33(42)24-31(36(45)48-3)40-37(46)38(25-12-6-5-7-13-25)21-18-28(27-14-8-10-16-30(27)38)35(44)41-22-19-26(20-23-41)39-34(43)29-15-9-11-17-32(29)47-2;;/h5-17,26,28,31H,4,18-24H2,1-3H3,(H,39,43)(H,40,46);2*1H2/t28-,31-,38+;;/m0../s1. The molecule has 51 heavy (non-hydrogen) atoms. The fraction of sp³-hybridized carbons (Fsp3) is 0.395. The summed E-state index contributed by atoms with van der Waals surface area (Å²) >= 11 is 0. The summed E-state index contributed by atoms with van der Waals surface area (Å²) in [5, 5.41) is 5.89. The number of hydrogen-bond donors (Lipinski definition) is 2. The van der Waals surface area contributed by atoms with Gasteiger partial charge >= 0.3 is 11.9 Å². The summed E-state index contributed by atoms with van der Waals surface area (Å²) in [5.41, 5.74) is 1.33. The normalized spacial score (nSPS) is 18.7. The Balaban J connectivity index is 0.00000351. The lowest BCUT2D eigenvalue weighted by molar-refractivity contribution is -0.152.